The maximum Gasteiger partial charge on any atom is 0.418 e. The first-order chi connectivity index (χ1) is 15.0. The predicted molar refractivity (Wildman–Crippen MR) is 101 cm³/mol. The molecule has 0 spiro atoms. The van der Waals surface area contributed by atoms with Gasteiger partial charge < -0.3 is 14.8 Å². The van der Waals surface area contributed by atoms with Crippen LogP contribution in [0.15, 0.2) is 34.7 Å². The lowest BCUT2D eigenvalue weighted by molar-refractivity contribution is -0.141. The summed E-state index contributed by atoms with van der Waals surface area (Å²) in [5.41, 5.74) is -4.83. The molecule has 172 valence electrons. The first-order valence-electron chi connectivity index (χ1n) is 8.93. The second kappa shape index (κ2) is 9.99. The lowest BCUT2D eigenvalue weighted by Gasteiger charge is -2.32. The Morgan fingerprint density at radius 3 is 2.44 bits per heavy atom. The molecule has 12 heteroatoms. The van der Waals surface area contributed by atoms with E-state index in [0.717, 1.165) is 7.11 Å². The molecule has 0 fully saturated rings. The summed E-state index contributed by atoms with van der Waals surface area (Å²) in [6, 6.07) is 3.01. The predicted octanol–water partition coefficient (Wildman–Crippen LogP) is 4.31. The van der Waals surface area contributed by atoms with Gasteiger partial charge in [-0.05, 0) is 19.1 Å². The molecule has 6 nitrogen and oxygen atoms in total. The van der Waals surface area contributed by atoms with Crippen LogP contribution in [-0.2, 0) is 25.2 Å². The number of nitrogens with zero attached hydrogens (tertiary/aromatic N) is 1. The van der Waals surface area contributed by atoms with Crippen LogP contribution in [0.4, 0.5) is 22.0 Å². The van der Waals surface area contributed by atoms with Crippen LogP contribution in [0.1, 0.15) is 30.4 Å². The highest BCUT2D eigenvalue weighted by molar-refractivity contribution is 6.31. The fourth-order valence-electron chi connectivity index (χ4n) is 3.32. The number of esters is 2. The van der Waals surface area contributed by atoms with Crippen LogP contribution in [0, 0.1) is 17.1 Å². The van der Waals surface area contributed by atoms with Crippen molar-refractivity contribution in [3.05, 3.63) is 56.6 Å². The Morgan fingerprint density at radius 1 is 1.25 bits per heavy atom. The van der Waals surface area contributed by atoms with Gasteiger partial charge in [-0.1, -0.05) is 11.6 Å². The summed E-state index contributed by atoms with van der Waals surface area (Å²) in [6.07, 6.45) is -5.43. The molecule has 0 radical (unpaired) electrons. The zero-order chi connectivity index (χ0) is 24.2. The molecule has 0 amide bonds. The van der Waals surface area contributed by atoms with Crippen LogP contribution in [0.5, 0.6) is 0 Å². The Kier molecular flexibility index (Phi) is 7.85. The van der Waals surface area contributed by atoms with Crippen molar-refractivity contribution in [3.63, 3.8) is 0 Å². The molecule has 32 heavy (non-hydrogen) atoms. The minimum Gasteiger partial charge on any atom is -0.466 e. The van der Waals surface area contributed by atoms with Crippen molar-refractivity contribution in [2.75, 3.05) is 20.4 Å². The summed E-state index contributed by atoms with van der Waals surface area (Å²) in [6.45, 7) is -0.567. The molecule has 0 aromatic heterocycles. The molecular formula is C20H16ClF5N2O4. The van der Waals surface area contributed by atoms with Gasteiger partial charge in [-0.25, -0.2) is 18.4 Å². The average Bonchev–Trinajstić information content (AvgIpc) is 2.72. The fraction of sp³-hybridized carbons (Fsp3) is 0.350. The highest BCUT2D eigenvalue weighted by Gasteiger charge is 2.46. The average molecular weight is 479 g/mol. The van der Waals surface area contributed by atoms with E-state index in [1.54, 1.807) is 6.07 Å². The first-order valence-corrected chi connectivity index (χ1v) is 9.31. The minimum atomic E-state index is -5.19. The van der Waals surface area contributed by atoms with Gasteiger partial charge in [0, 0.05) is 11.3 Å². The number of dihydropyridines is 1. The van der Waals surface area contributed by atoms with Crippen LogP contribution < -0.4 is 5.32 Å². The summed E-state index contributed by atoms with van der Waals surface area (Å²) in [5, 5.41) is 10.1. The molecular weight excluding hydrogens is 463 g/mol. The van der Waals surface area contributed by atoms with Crippen molar-refractivity contribution in [1.29, 1.82) is 5.26 Å². The fourth-order valence-corrected chi connectivity index (χ4v) is 3.59. The Hall–Kier alpha value is -3.13. The van der Waals surface area contributed by atoms with Gasteiger partial charge in [0.05, 0.1) is 52.9 Å². The topological polar surface area (TPSA) is 88.4 Å². The molecule has 1 aliphatic heterocycles. The van der Waals surface area contributed by atoms with E-state index < -0.39 is 76.1 Å². The maximum atomic E-state index is 14.9. The van der Waals surface area contributed by atoms with Gasteiger partial charge >= 0.3 is 18.1 Å². The number of nitrogens with one attached hydrogen (secondary N) is 1. The normalized spacial score (nSPS) is 16.4. The number of methoxy groups -OCH3 is 1. The van der Waals surface area contributed by atoms with Crippen LogP contribution in [0.3, 0.4) is 0 Å². The summed E-state index contributed by atoms with van der Waals surface area (Å²) < 4.78 is 79.7. The summed E-state index contributed by atoms with van der Waals surface area (Å²) in [4.78, 5) is 25.2. The van der Waals surface area contributed by atoms with E-state index in [2.05, 4.69) is 10.1 Å². The van der Waals surface area contributed by atoms with Crippen molar-refractivity contribution < 1.29 is 41.0 Å². The minimum absolute atomic E-state index is 0.176. The molecule has 1 aromatic carbocycles. The number of benzene rings is 1. The van der Waals surface area contributed by atoms with E-state index in [1.165, 1.54) is 6.92 Å². The quantitative estimate of drug-likeness (QED) is 0.372. The molecule has 1 unspecified atom stereocenters. The van der Waals surface area contributed by atoms with Gasteiger partial charge in [0.15, 0.2) is 0 Å². The largest absolute Gasteiger partial charge is 0.466 e. The highest BCUT2D eigenvalue weighted by atomic mass is 35.5. The van der Waals surface area contributed by atoms with Gasteiger partial charge in [0.2, 0.25) is 0 Å². The van der Waals surface area contributed by atoms with E-state index in [4.69, 9.17) is 21.6 Å². The third kappa shape index (κ3) is 4.85. The Labute approximate surface area is 184 Å². The highest BCUT2D eigenvalue weighted by Crippen LogP contribution is 2.47. The molecule has 1 N–H and O–H groups in total. The van der Waals surface area contributed by atoms with Crippen LogP contribution in [0.25, 0.3) is 0 Å². The number of carbonyl (C=O) groups excluding carboxylic acids is 2. The van der Waals surface area contributed by atoms with Crippen molar-refractivity contribution in [3.8, 4) is 6.07 Å². The molecule has 0 aliphatic carbocycles. The van der Waals surface area contributed by atoms with Gasteiger partial charge in [0.25, 0.3) is 0 Å². The number of rotatable bonds is 6. The summed E-state index contributed by atoms with van der Waals surface area (Å²) in [7, 11) is 0.886. The van der Waals surface area contributed by atoms with E-state index >= 15 is 0 Å². The standard InChI is InChI=1S/C20H16ClF5N2O4/c1-9-13(19(30)32-7-3-6-27)16(15(18(29)31-2)12(8-22)28-9)14-11(23)5-4-10(21)17(14)20(24,25)26/h4-5,16,28H,3,7-8H2,1-2H3. The van der Waals surface area contributed by atoms with Gasteiger partial charge in [-0.2, -0.15) is 18.4 Å². The number of halogens is 6. The van der Waals surface area contributed by atoms with Gasteiger partial charge in [0.1, 0.15) is 19.1 Å². The molecule has 0 saturated carbocycles. The van der Waals surface area contributed by atoms with Crippen molar-refractivity contribution >= 4 is 23.5 Å². The lowest BCUT2D eigenvalue weighted by Crippen LogP contribution is -2.35. The van der Waals surface area contributed by atoms with Gasteiger partial charge in [-0.3, -0.25) is 0 Å². The van der Waals surface area contributed by atoms with Gasteiger partial charge in [-0.15, -0.1) is 0 Å². The number of allylic oxidation sites excluding steroid dienone is 2. The molecule has 1 heterocycles. The number of hydrogen-bond donors (Lipinski definition) is 1. The number of ether oxygens (including phenoxy) is 2. The van der Waals surface area contributed by atoms with Crippen LogP contribution in [0.2, 0.25) is 5.02 Å². The van der Waals surface area contributed by atoms with E-state index in [-0.39, 0.29) is 12.1 Å². The van der Waals surface area contributed by atoms with Crippen LogP contribution >= 0.6 is 11.6 Å². The number of nitriles is 1. The number of alkyl halides is 4. The van der Waals surface area contributed by atoms with Crippen molar-refractivity contribution in [2.45, 2.75) is 25.4 Å². The molecule has 0 bridgehead atoms. The van der Waals surface area contributed by atoms with Crippen molar-refractivity contribution in [2.24, 2.45) is 0 Å². The zero-order valence-electron chi connectivity index (χ0n) is 16.7. The third-order valence-corrected chi connectivity index (χ3v) is 4.88. The maximum absolute atomic E-state index is 14.9. The summed E-state index contributed by atoms with van der Waals surface area (Å²) in [5.74, 6) is -6.03. The molecule has 1 aliphatic rings. The Morgan fingerprint density at radius 2 is 1.91 bits per heavy atom. The first kappa shape index (κ1) is 25.1. The number of hydrogen-bond acceptors (Lipinski definition) is 6. The molecule has 0 saturated heterocycles. The van der Waals surface area contributed by atoms with Crippen LogP contribution in [-0.4, -0.2) is 32.3 Å². The second-order valence-electron chi connectivity index (χ2n) is 6.47. The lowest BCUT2D eigenvalue weighted by atomic mass is 9.78. The molecule has 1 atom stereocenters. The number of carbonyl (C=O) groups is 2. The second-order valence-corrected chi connectivity index (χ2v) is 6.88. The third-order valence-electron chi connectivity index (χ3n) is 4.56. The Bertz CT molecular complexity index is 1040. The zero-order valence-corrected chi connectivity index (χ0v) is 17.5. The Balaban J connectivity index is 2.91. The molecule has 1 aromatic rings. The SMILES string of the molecule is COC(=O)C1=C(CF)NC(C)=C(C(=O)OCCC#N)C1c1c(F)ccc(Cl)c1C(F)(F)F. The van der Waals surface area contributed by atoms with E-state index in [1.807, 2.05) is 0 Å². The van der Waals surface area contributed by atoms with Crippen molar-refractivity contribution in [1.82, 2.24) is 5.32 Å². The monoisotopic (exact) mass is 478 g/mol. The molecule has 2 rings (SSSR count). The van der Waals surface area contributed by atoms with E-state index in [0.29, 0.717) is 12.1 Å². The smallest absolute Gasteiger partial charge is 0.418 e. The summed E-state index contributed by atoms with van der Waals surface area (Å²) >= 11 is 5.73. The van der Waals surface area contributed by atoms with E-state index in [9.17, 15) is 31.5 Å².